The molecular weight excluding hydrogens is 244 g/mol. The fourth-order valence-corrected chi connectivity index (χ4v) is 2.30. The van der Waals surface area contributed by atoms with Gasteiger partial charge < -0.3 is 15.7 Å². The molecule has 0 aromatic heterocycles. The third-order valence-electron chi connectivity index (χ3n) is 3.58. The van der Waals surface area contributed by atoms with Gasteiger partial charge in [-0.3, -0.25) is 9.59 Å². The standard InChI is InChI=1S/C14H26N2O3/c1-14(2,3)13(19)15-8-12(18)16-11-7-5-4-6-10(11)9-17/h10-11,17H,4-9H2,1-3H3,(H,15,19)(H,16,18). The van der Waals surface area contributed by atoms with E-state index in [-0.39, 0.29) is 36.9 Å². The number of hydrogen-bond acceptors (Lipinski definition) is 3. The summed E-state index contributed by atoms with van der Waals surface area (Å²) in [6, 6.07) is 0.0396. The SMILES string of the molecule is CC(C)(C)C(=O)NCC(=O)NC1CCCCC1CO. The highest BCUT2D eigenvalue weighted by atomic mass is 16.3. The zero-order valence-corrected chi connectivity index (χ0v) is 12.2. The molecule has 19 heavy (non-hydrogen) atoms. The molecule has 0 radical (unpaired) electrons. The molecule has 3 N–H and O–H groups in total. The van der Waals surface area contributed by atoms with E-state index in [2.05, 4.69) is 10.6 Å². The predicted molar refractivity (Wildman–Crippen MR) is 73.4 cm³/mol. The molecule has 0 aliphatic heterocycles. The summed E-state index contributed by atoms with van der Waals surface area (Å²) in [5.74, 6) is -0.163. The summed E-state index contributed by atoms with van der Waals surface area (Å²) < 4.78 is 0. The van der Waals surface area contributed by atoms with Crippen molar-refractivity contribution in [2.45, 2.75) is 52.5 Å². The van der Waals surface area contributed by atoms with E-state index in [0.29, 0.717) is 0 Å². The minimum Gasteiger partial charge on any atom is -0.396 e. The van der Waals surface area contributed by atoms with Crippen LogP contribution in [-0.4, -0.2) is 36.1 Å². The van der Waals surface area contributed by atoms with E-state index >= 15 is 0 Å². The molecule has 0 aromatic carbocycles. The summed E-state index contributed by atoms with van der Waals surface area (Å²) in [4.78, 5) is 23.4. The van der Waals surface area contributed by atoms with Crippen molar-refractivity contribution in [3.63, 3.8) is 0 Å². The summed E-state index contributed by atoms with van der Waals surface area (Å²) >= 11 is 0. The molecule has 1 fully saturated rings. The number of carbonyl (C=O) groups excluding carboxylic acids is 2. The molecule has 0 spiro atoms. The van der Waals surface area contributed by atoms with E-state index in [1.54, 1.807) is 0 Å². The van der Waals surface area contributed by atoms with Crippen LogP contribution in [0.4, 0.5) is 0 Å². The molecule has 0 saturated heterocycles. The van der Waals surface area contributed by atoms with Gasteiger partial charge in [0.1, 0.15) is 0 Å². The Labute approximate surface area is 115 Å². The van der Waals surface area contributed by atoms with Crippen molar-refractivity contribution in [2.24, 2.45) is 11.3 Å². The van der Waals surface area contributed by atoms with E-state index in [1.165, 1.54) is 0 Å². The Bertz CT molecular complexity index is 323. The monoisotopic (exact) mass is 270 g/mol. The van der Waals surface area contributed by atoms with Crippen LogP contribution < -0.4 is 10.6 Å². The normalized spacial score (nSPS) is 23.8. The first-order valence-corrected chi connectivity index (χ1v) is 7.03. The first-order valence-electron chi connectivity index (χ1n) is 7.03. The van der Waals surface area contributed by atoms with Gasteiger partial charge in [-0.15, -0.1) is 0 Å². The Balaban J connectivity index is 2.36. The summed E-state index contributed by atoms with van der Waals surface area (Å²) in [5, 5.41) is 14.8. The molecule has 0 bridgehead atoms. The first kappa shape index (κ1) is 16.0. The lowest BCUT2D eigenvalue weighted by Crippen LogP contribution is -2.48. The van der Waals surface area contributed by atoms with Crippen LogP contribution in [0.5, 0.6) is 0 Å². The van der Waals surface area contributed by atoms with Gasteiger partial charge in [0, 0.05) is 24.0 Å². The molecule has 5 nitrogen and oxygen atoms in total. The average Bonchev–Trinajstić information content (AvgIpc) is 2.35. The highest BCUT2D eigenvalue weighted by Crippen LogP contribution is 2.23. The topological polar surface area (TPSA) is 78.4 Å². The summed E-state index contributed by atoms with van der Waals surface area (Å²) in [6.45, 7) is 5.54. The first-order chi connectivity index (χ1) is 8.84. The second kappa shape index (κ2) is 6.89. The Morgan fingerprint density at radius 2 is 1.84 bits per heavy atom. The summed E-state index contributed by atoms with van der Waals surface area (Å²) in [6.07, 6.45) is 4.05. The third kappa shape index (κ3) is 5.19. The van der Waals surface area contributed by atoms with Gasteiger partial charge >= 0.3 is 0 Å². The number of amides is 2. The van der Waals surface area contributed by atoms with Gasteiger partial charge in [0.2, 0.25) is 11.8 Å². The van der Waals surface area contributed by atoms with Gasteiger partial charge in [-0.25, -0.2) is 0 Å². The lowest BCUT2D eigenvalue weighted by molar-refractivity contribution is -0.131. The van der Waals surface area contributed by atoms with E-state index in [1.807, 2.05) is 20.8 Å². The zero-order valence-electron chi connectivity index (χ0n) is 12.2. The van der Waals surface area contributed by atoms with Crippen molar-refractivity contribution in [2.75, 3.05) is 13.2 Å². The van der Waals surface area contributed by atoms with Crippen molar-refractivity contribution in [1.82, 2.24) is 10.6 Å². The Morgan fingerprint density at radius 1 is 1.21 bits per heavy atom. The van der Waals surface area contributed by atoms with Crippen molar-refractivity contribution in [3.05, 3.63) is 0 Å². The van der Waals surface area contributed by atoms with Crippen LogP contribution in [0.3, 0.4) is 0 Å². The second-order valence-electron chi connectivity index (χ2n) is 6.33. The fourth-order valence-electron chi connectivity index (χ4n) is 2.30. The van der Waals surface area contributed by atoms with Crippen molar-refractivity contribution in [1.29, 1.82) is 0 Å². The molecule has 5 heteroatoms. The van der Waals surface area contributed by atoms with Crippen molar-refractivity contribution in [3.8, 4) is 0 Å². The number of rotatable bonds is 4. The Kier molecular flexibility index (Phi) is 5.79. The molecule has 1 aliphatic rings. The number of aliphatic hydroxyl groups excluding tert-OH is 1. The average molecular weight is 270 g/mol. The summed E-state index contributed by atoms with van der Waals surface area (Å²) in [7, 11) is 0. The van der Waals surface area contributed by atoms with Gasteiger partial charge in [-0.05, 0) is 12.8 Å². The minimum absolute atomic E-state index is 0.00471. The lowest BCUT2D eigenvalue weighted by Gasteiger charge is -2.31. The van der Waals surface area contributed by atoms with Crippen molar-refractivity contribution >= 4 is 11.8 Å². The van der Waals surface area contributed by atoms with E-state index < -0.39 is 5.41 Å². The summed E-state index contributed by atoms with van der Waals surface area (Å²) in [5.41, 5.74) is -0.487. The predicted octanol–water partition coefficient (Wildman–Crippen LogP) is 0.816. The van der Waals surface area contributed by atoms with Gasteiger partial charge in [-0.2, -0.15) is 0 Å². The fraction of sp³-hybridized carbons (Fsp3) is 0.857. The number of carbonyl (C=O) groups is 2. The molecule has 0 heterocycles. The maximum atomic E-state index is 11.8. The van der Waals surface area contributed by atoms with E-state index in [4.69, 9.17) is 0 Å². The molecule has 110 valence electrons. The maximum Gasteiger partial charge on any atom is 0.239 e. The van der Waals surface area contributed by atoms with Crippen LogP contribution in [0, 0.1) is 11.3 Å². The maximum absolute atomic E-state index is 11.8. The van der Waals surface area contributed by atoms with Crippen LogP contribution in [0.2, 0.25) is 0 Å². The highest BCUT2D eigenvalue weighted by molar-refractivity contribution is 5.87. The molecule has 2 atom stereocenters. The largest absolute Gasteiger partial charge is 0.396 e. The van der Waals surface area contributed by atoms with Crippen LogP contribution in [0.1, 0.15) is 46.5 Å². The number of aliphatic hydroxyl groups is 1. The molecule has 0 aromatic rings. The van der Waals surface area contributed by atoms with Crippen LogP contribution >= 0.6 is 0 Å². The zero-order chi connectivity index (χ0) is 14.5. The molecular formula is C14H26N2O3. The minimum atomic E-state index is -0.487. The van der Waals surface area contributed by atoms with Crippen LogP contribution in [0.15, 0.2) is 0 Å². The second-order valence-corrected chi connectivity index (χ2v) is 6.33. The molecule has 2 unspecified atom stereocenters. The van der Waals surface area contributed by atoms with E-state index in [9.17, 15) is 14.7 Å². The molecule has 1 aliphatic carbocycles. The number of hydrogen-bond donors (Lipinski definition) is 3. The highest BCUT2D eigenvalue weighted by Gasteiger charge is 2.26. The van der Waals surface area contributed by atoms with E-state index in [0.717, 1.165) is 25.7 Å². The van der Waals surface area contributed by atoms with Crippen LogP contribution in [-0.2, 0) is 9.59 Å². The molecule has 1 rings (SSSR count). The van der Waals surface area contributed by atoms with Gasteiger partial charge in [-0.1, -0.05) is 33.6 Å². The smallest absolute Gasteiger partial charge is 0.239 e. The van der Waals surface area contributed by atoms with Gasteiger partial charge in [0.25, 0.3) is 0 Å². The van der Waals surface area contributed by atoms with Crippen LogP contribution in [0.25, 0.3) is 0 Å². The third-order valence-corrected chi connectivity index (χ3v) is 3.58. The molecule has 2 amide bonds. The lowest BCUT2D eigenvalue weighted by atomic mass is 9.85. The van der Waals surface area contributed by atoms with Gasteiger partial charge in [0.05, 0.1) is 6.54 Å². The van der Waals surface area contributed by atoms with Gasteiger partial charge in [0.15, 0.2) is 0 Å². The van der Waals surface area contributed by atoms with Crippen molar-refractivity contribution < 1.29 is 14.7 Å². The molecule has 1 saturated carbocycles. The number of nitrogens with one attached hydrogen (secondary N) is 2. The Morgan fingerprint density at radius 3 is 2.42 bits per heavy atom. The Hall–Kier alpha value is -1.10. The quantitative estimate of drug-likeness (QED) is 0.707.